The monoisotopic (exact) mass is 371 g/mol. The number of nitrogens with zero attached hydrogens (tertiary/aromatic N) is 1. The van der Waals surface area contributed by atoms with Gasteiger partial charge in [0.25, 0.3) is 5.91 Å². The normalized spacial score (nSPS) is 13.3. The SMILES string of the molecule is CCC(CO)N(CC(C)C(=O)OC)C(=O)c1ccccc1Br. The molecule has 0 fully saturated rings. The molecule has 5 nitrogen and oxygen atoms in total. The van der Waals surface area contributed by atoms with Crippen molar-refractivity contribution in [2.75, 3.05) is 20.3 Å². The molecule has 0 aliphatic rings. The molecule has 2 atom stereocenters. The number of hydrogen-bond donors (Lipinski definition) is 1. The Kier molecular flexibility index (Phi) is 7.55. The molecule has 0 heterocycles. The number of ether oxygens (including phenoxy) is 1. The third kappa shape index (κ3) is 4.55. The van der Waals surface area contributed by atoms with Gasteiger partial charge in [-0.2, -0.15) is 0 Å². The van der Waals surface area contributed by atoms with E-state index in [9.17, 15) is 14.7 Å². The quantitative estimate of drug-likeness (QED) is 0.747. The van der Waals surface area contributed by atoms with E-state index in [1.807, 2.05) is 13.0 Å². The Morgan fingerprint density at radius 3 is 2.50 bits per heavy atom. The van der Waals surface area contributed by atoms with Crippen LogP contribution in [0.5, 0.6) is 0 Å². The molecule has 0 saturated heterocycles. The fraction of sp³-hybridized carbons (Fsp3) is 0.500. The lowest BCUT2D eigenvalue weighted by Crippen LogP contribution is -2.45. The number of aliphatic hydroxyl groups is 1. The van der Waals surface area contributed by atoms with E-state index in [0.717, 1.165) is 0 Å². The van der Waals surface area contributed by atoms with Gasteiger partial charge >= 0.3 is 5.97 Å². The van der Waals surface area contributed by atoms with Crippen molar-refractivity contribution < 1.29 is 19.4 Å². The second-order valence-corrected chi connectivity index (χ2v) is 5.96. The second-order valence-electron chi connectivity index (χ2n) is 5.11. The van der Waals surface area contributed by atoms with Crippen LogP contribution in [-0.2, 0) is 9.53 Å². The predicted octanol–water partition coefficient (Wildman–Crippen LogP) is 2.47. The highest BCUT2D eigenvalue weighted by Gasteiger charge is 2.28. The topological polar surface area (TPSA) is 66.8 Å². The molecule has 0 aromatic heterocycles. The molecule has 122 valence electrons. The van der Waals surface area contributed by atoms with E-state index in [2.05, 4.69) is 15.9 Å². The van der Waals surface area contributed by atoms with Crippen molar-refractivity contribution in [1.82, 2.24) is 4.90 Å². The largest absolute Gasteiger partial charge is 0.469 e. The summed E-state index contributed by atoms with van der Waals surface area (Å²) in [5.41, 5.74) is 0.506. The second kappa shape index (κ2) is 8.90. The molecule has 22 heavy (non-hydrogen) atoms. The lowest BCUT2D eigenvalue weighted by molar-refractivity contribution is -0.145. The molecule has 6 heteroatoms. The lowest BCUT2D eigenvalue weighted by atomic mass is 10.1. The van der Waals surface area contributed by atoms with Crippen LogP contribution in [0.4, 0.5) is 0 Å². The maximum Gasteiger partial charge on any atom is 0.310 e. The Hall–Kier alpha value is -1.40. The van der Waals surface area contributed by atoms with Gasteiger partial charge < -0.3 is 14.7 Å². The van der Waals surface area contributed by atoms with Crippen LogP contribution < -0.4 is 0 Å². The van der Waals surface area contributed by atoms with Gasteiger partial charge in [-0.1, -0.05) is 26.0 Å². The summed E-state index contributed by atoms with van der Waals surface area (Å²) in [4.78, 5) is 26.0. The number of carbonyl (C=O) groups excluding carboxylic acids is 2. The first-order valence-corrected chi connectivity index (χ1v) is 7.99. The van der Waals surface area contributed by atoms with Gasteiger partial charge in [-0.25, -0.2) is 0 Å². The van der Waals surface area contributed by atoms with Crippen molar-refractivity contribution in [2.45, 2.75) is 26.3 Å². The smallest absolute Gasteiger partial charge is 0.310 e. The zero-order valence-electron chi connectivity index (χ0n) is 13.1. The molecule has 0 aliphatic carbocycles. The highest BCUT2D eigenvalue weighted by Crippen LogP contribution is 2.21. The first-order valence-electron chi connectivity index (χ1n) is 7.20. The van der Waals surface area contributed by atoms with Crippen molar-refractivity contribution in [3.8, 4) is 0 Å². The maximum atomic E-state index is 12.8. The van der Waals surface area contributed by atoms with Crippen LogP contribution in [0.15, 0.2) is 28.7 Å². The Morgan fingerprint density at radius 2 is 2.00 bits per heavy atom. The van der Waals surface area contributed by atoms with E-state index < -0.39 is 5.92 Å². The summed E-state index contributed by atoms with van der Waals surface area (Å²) in [6.07, 6.45) is 0.598. The van der Waals surface area contributed by atoms with Crippen LogP contribution in [0.25, 0.3) is 0 Å². The van der Waals surface area contributed by atoms with Crippen LogP contribution in [0, 0.1) is 5.92 Å². The average Bonchev–Trinajstić information content (AvgIpc) is 2.53. The molecule has 0 radical (unpaired) electrons. The van der Waals surface area contributed by atoms with Crippen LogP contribution in [0.1, 0.15) is 30.6 Å². The lowest BCUT2D eigenvalue weighted by Gasteiger charge is -2.32. The molecule has 1 aromatic carbocycles. The number of methoxy groups -OCH3 is 1. The van der Waals surface area contributed by atoms with Crippen LogP contribution >= 0.6 is 15.9 Å². The average molecular weight is 372 g/mol. The van der Waals surface area contributed by atoms with Gasteiger partial charge in [0.2, 0.25) is 0 Å². The van der Waals surface area contributed by atoms with Crippen LogP contribution in [-0.4, -0.2) is 48.2 Å². The van der Waals surface area contributed by atoms with Crippen molar-refractivity contribution >= 4 is 27.8 Å². The first-order chi connectivity index (χ1) is 10.5. The fourth-order valence-electron chi connectivity index (χ4n) is 2.21. The number of amides is 1. The maximum absolute atomic E-state index is 12.8. The summed E-state index contributed by atoms with van der Waals surface area (Å²) in [5, 5.41) is 9.55. The van der Waals surface area contributed by atoms with Crippen LogP contribution in [0.2, 0.25) is 0 Å². The molecule has 0 bridgehead atoms. The number of benzene rings is 1. The van der Waals surface area contributed by atoms with Gasteiger partial charge in [0, 0.05) is 11.0 Å². The number of esters is 1. The van der Waals surface area contributed by atoms with Gasteiger partial charge in [-0.05, 0) is 34.5 Å². The number of rotatable bonds is 7. The van der Waals surface area contributed by atoms with E-state index in [-0.39, 0.29) is 31.1 Å². The van der Waals surface area contributed by atoms with Crippen molar-refractivity contribution in [3.05, 3.63) is 34.3 Å². The minimum absolute atomic E-state index is 0.152. The van der Waals surface area contributed by atoms with Gasteiger partial charge in [0.05, 0.1) is 31.2 Å². The molecule has 0 spiro atoms. The highest BCUT2D eigenvalue weighted by atomic mass is 79.9. The molecule has 1 aromatic rings. The number of aliphatic hydroxyl groups excluding tert-OH is 1. The van der Waals surface area contributed by atoms with E-state index in [1.165, 1.54) is 7.11 Å². The van der Waals surface area contributed by atoms with Gasteiger partial charge in [-0.15, -0.1) is 0 Å². The fourth-order valence-corrected chi connectivity index (χ4v) is 2.66. The summed E-state index contributed by atoms with van der Waals surface area (Å²) in [5.74, 6) is -1.06. The Labute approximate surface area is 139 Å². The summed E-state index contributed by atoms with van der Waals surface area (Å²) in [6, 6.07) is 6.76. The van der Waals surface area contributed by atoms with Gasteiger partial charge in [0.1, 0.15) is 0 Å². The number of carbonyl (C=O) groups is 2. The number of halogens is 1. The molecule has 0 aliphatic heterocycles. The summed E-state index contributed by atoms with van der Waals surface area (Å²) < 4.78 is 5.40. The predicted molar refractivity (Wildman–Crippen MR) is 87.5 cm³/mol. The van der Waals surface area contributed by atoms with E-state index in [0.29, 0.717) is 16.5 Å². The van der Waals surface area contributed by atoms with Gasteiger partial charge in [-0.3, -0.25) is 9.59 Å². The minimum atomic E-state index is -0.461. The van der Waals surface area contributed by atoms with E-state index >= 15 is 0 Å². The molecule has 1 rings (SSSR count). The molecule has 1 amide bonds. The Bertz CT molecular complexity index is 517. The van der Waals surface area contributed by atoms with Crippen molar-refractivity contribution in [2.24, 2.45) is 5.92 Å². The Morgan fingerprint density at radius 1 is 1.36 bits per heavy atom. The minimum Gasteiger partial charge on any atom is -0.469 e. The summed E-state index contributed by atoms with van der Waals surface area (Å²) >= 11 is 3.37. The highest BCUT2D eigenvalue weighted by molar-refractivity contribution is 9.10. The zero-order chi connectivity index (χ0) is 16.7. The third-order valence-electron chi connectivity index (χ3n) is 3.56. The molecule has 0 saturated carbocycles. The van der Waals surface area contributed by atoms with Gasteiger partial charge in [0.15, 0.2) is 0 Å². The van der Waals surface area contributed by atoms with E-state index in [1.54, 1.807) is 30.0 Å². The number of hydrogen-bond acceptors (Lipinski definition) is 4. The molecule has 1 N–H and O–H groups in total. The zero-order valence-corrected chi connectivity index (χ0v) is 14.7. The third-order valence-corrected chi connectivity index (χ3v) is 4.25. The molecular formula is C16H22BrNO4. The summed E-state index contributed by atoms with van der Waals surface area (Å²) in [6.45, 7) is 3.65. The van der Waals surface area contributed by atoms with Crippen LogP contribution in [0.3, 0.4) is 0 Å². The summed E-state index contributed by atoms with van der Waals surface area (Å²) in [7, 11) is 1.32. The van der Waals surface area contributed by atoms with Crippen molar-refractivity contribution in [3.63, 3.8) is 0 Å². The van der Waals surface area contributed by atoms with E-state index in [4.69, 9.17) is 4.74 Å². The standard InChI is InChI=1S/C16H22BrNO4/c1-4-12(10-19)18(9-11(2)16(21)22-3)15(20)13-7-5-6-8-14(13)17/h5-8,11-12,19H,4,9-10H2,1-3H3. The molecular weight excluding hydrogens is 350 g/mol. The first kappa shape index (κ1) is 18.6. The molecule has 2 unspecified atom stereocenters. The Balaban J connectivity index is 3.07. The van der Waals surface area contributed by atoms with Crippen molar-refractivity contribution in [1.29, 1.82) is 0 Å².